The van der Waals surface area contributed by atoms with Crippen molar-refractivity contribution in [2.75, 3.05) is 5.75 Å². The van der Waals surface area contributed by atoms with Gasteiger partial charge in [-0.25, -0.2) is 0 Å². The second-order valence-corrected chi connectivity index (χ2v) is 7.33. The average molecular weight is 350 g/mol. The molecule has 128 valence electrons. The number of hydrogen-bond donors (Lipinski definition) is 1. The average Bonchev–Trinajstić information content (AvgIpc) is 2.65. The number of carbonyl (C=O) groups excluding carboxylic acids is 1. The van der Waals surface area contributed by atoms with E-state index < -0.39 is 0 Å². The van der Waals surface area contributed by atoms with Crippen LogP contribution < -0.4 is 5.32 Å². The molecule has 0 saturated heterocycles. The third kappa shape index (κ3) is 4.40. The van der Waals surface area contributed by atoms with Gasteiger partial charge in [0.15, 0.2) is 0 Å². The number of nitrogens with one attached hydrogen (secondary N) is 1. The summed E-state index contributed by atoms with van der Waals surface area (Å²) in [6, 6.07) is 20.1. The Balaban J connectivity index is 1.67. The molecule has 1 amide bonds. The summed E-state index contributed by atoms with van der Waals surface area (Å²) in [5.41, 5.74) is 2.10. The number of nitrogens with zero attached hydrogens (tertiary/aromatic N) is 1. The van der Waals surface area contributed by atoms with E-state index in [2.05, 4.69) is 36.3 Å². The second-order valence-electron chi connectivity index (χ2n) is 6.31. The highest BCUT2D eigenvalue weighted by molar-refractivity contribution is 8.00. The van der Waals surface area contributed by atoms with Crippen LogP contribution in [0.5, 0.6) is 0 Å². The number of thioether (sulfide) groups is 1. The van der Waals surface area contributed by atoms with Gasteiger partial charge in [-0.1, -0.05) is 62.4 Å². The van der Waals surface area contributed by atoms with Gasteiger partial charge in [0.25, 0.3) is 0 Å². The SMILES string of the molecule is CC(C)C(NC(=O)CSc1ccnc2ccccc12)c1ccccc1. The van der Waals surface area contributed by atoms with E-state index in [4.69, 9.17) is 0 Å². The first-order valence-electron chi connectivity index (χ1n) is 8.46. The molecule has 0 aliphatic rings. The van der Waals surface area contributed by atoms with Gasteiger partial charge in [0.1, 0.15) is 0 Å². The molecule has 0 spiro atoms. The van der Waals surface area contributed by atoms with Crippen molar-refractivity contribution in [3.05, 3.63) is 72.4 Å². The summed E-state index contributed by atoms with van der Waals surface area (Å²) < 4.78 is 0. The fourth-order valence-corrected chi connectivity index (χ4v) is 3.70. The summed E-state index contributed by atoms with van der Waals surface area (Å²) in [4.78, 5) is 17.9. The fraction of sp³-hybridized carbons (Fsp3) is 0.238. The highest BCUT2D eigenvalue weighted by Gasteiger charge is 2.18. The normalized spacial score (nSPS) is 12.3. The molecule has 2 aromatic carbocycles. The lowest BCUT2D eigenvalue weighted by Crippen LogP contribution is -2.32. The molecule has 0 saturated carbocycles. The summed E-state index contributed by atoms with van der Waals surface area (Å²) in [6.07, 6.45) is 1.80. The maximum absolute atomic E-state index is 12.5. The van der Waals surface area contributed by atoms with E-state index in [-0.39, 0.29) is 11.9 Å². The maximum atomic E-state index is 12.5. The van der Waals surface area contributed by atoms with Crippen LogP contribution in [-0.2, 0) is 4.79 Å². The van der Waals surface area contributed by atoms with E-state index in [1.165, 1.54) is 0 Å². The van der Waals surface area contributed by atoms with Crippen molar-refractivity contribution in [3.8, 4) is 0 Å². The summed E-state index contributed by atoms with van der Waals surface area (Å²) >= 11 is 1.55. The quantitative estimate of drug-likeness (QED) is 0.647. The number of benzene rings is 2. The number of amides is 1. The van der Waals surface area contributed by atoms with Crippen molar-refractivity contribution < 1.29 is 4.79 Å². The van der Waals surface area contributed by atoms with E-state index in [1.807, 2.05) is 48.5 Å². The van der Waals surface area contributed by atoms with Crippen LogP contribution in [-0.4, -0.2) is 16.6 Å². The van der Waals surface area contributed by atoms with E-state index in [1.54, 1.807) is 18.0 Å². The van der Waals surface area contributed by atoms with Crippen LogP contribution in [0.1, 0.15) is 25.5 Å². The lowest BCUT2D eigenvalue weighted by atomic mass is 9.96. The van der Waals surface area contributed by atoms with Crippen LogP contribution in [0.25, 0.3) is 10.9 Å². The van der Waals surface area contributed by atoms with Gasteiger partial charge >= 0.3 is 0 Å². The molecule has 0 aliphatic heterocycles. The van der Waals surface area contributed by atoms with Crippen LogP contribution >= 0.6 is 11.8 Å². The van der Waals surface area contributed by atoms with Gasteiger partial charge in [-0.2, -0.15) is 0 Å². The monoisotopic (exact) mass is 350 g/mol. The van der Waals surface area contributed by atoms with Gasteiger partial charge in [0.05, 0.1) is 17.3 Å². The van der Waals surface area contributed by atoms with Crippen LogP contribution in [0.15, 0.2) is 71.8 Å². The second kappa shape index (κ2) is 8.17. The molecule has 3 aromatic rings. The van der Waals surface area contributed by atoms with Crippen LogP contribution in [0.3, 0.4) is 0 Å². The zero-order valence-corrected chi connectivity index (χ0v) is 15.3. The molecule has 3 rings (SSSR count). The molecule has 1 aromatic heterocycles. The topological polar surface area (TPSA) is 42.0 Å². The number of aromatic nitrogens is 1. The van der Waals surface area contributed by atoms with Gasteiger partial charge in [0.2, 0.25) is 5.91 Å². The molecular weight excluding hydrogens is 328 g/mol. The maximum Gasteiger partial charge on any atom is 0.230 e. The standard InChI is InChI=1S/C21H22N2OS/c1-15(2)21(16-8-4-3-5-9-16)23-20(24)14-25-19-12-13-22-18-11-7-6-10-17(18)19/h3-13,15,21H,14H2,1-2H3,(H,23,24). The minimum atomic E-state index is 0.0310. The van der Waals surface area contributed by atoms with Gasteiger partial charge < -0.3 is 5.32 Å². The highest BCUT2D eigenvalue weighted by Crippen LogP contribution is 2.27. The number of para-hydroxylation sites is 1. The Bertz CT molecular complexity index is 843. The zero-order valence-electron chi connectivity index (χ0n) is 14.5. The highest BCUT2D eigenvalue weighted by atomic mass is 32.2. The fourth-order valence-electron chi connectivity index (χ4n) is 2.85. The largest absolute Gasteiger partial charge is 0.348 e. The lowest BCUT2D eigenvalue weighted by molar-refractivity contribution is -0.119. The lowest BCUT2D eigenvalue weighted by Gasteiger charge is -2.23. The number of carbonyl (C=O) groups is 1. The summed E-state index contributed by atoms with van der Waals surface area (Å²) in [5.74, 6) is 0.774. The Labute approximate surface area is 152 Å². The Morgan fingerprint density at radius 3 is 2.52 bits per heavy atom. The third-order valence-electron chi connectivity index (χ3n) is 4.11. The number of pyridine rings is 1. The van der Waals surface area contributed by atoms with Gasteiger partial charge in [-0.3, -0.25) is 9.78 Å². The molecule has 0 radical (unpaired) electrons. The first-order valence-corrected chi connectivity index (χ1v) is 9.44. The van der Waals surface area contributed by atoms with Crippen molar-refractivity contribution in [2.45, 2.75) is 24.8 Å². The minimum absolute atomic E-state index is 0.0310. The zero-order chi connectivity index (χ0) is 17.6. The Kier molecular flexibility index (Phi) is 5.71. The number of rotatable bonds is 6. The van der Waals surface area contributed by atoms with Crippen molar-refractivity contribution in [1.29, 1.82) is 0 Å². The first kappa shape index (κ1) is 17.5. The van der Waals surface area contributed by atoms with E-state index in [0.29, 0.717) is 11.7 Å². The molecule has 1 atom stereocenters. The smallest absolute Gasteiger partial charge is 0.230 e. The van der Waals surface area contributed by atoms with Crippen molar-refractivity contribution in [1.82, 2.24) is 10.3 Å². The number of fused-ring (bicyclic) bond motifs is 1. The van der Waals surface area contributed by atoms with Crippen LogP contribution in [0, 0.1) is 5.92 Å². The van der Waals surface area contributed by atoms with E-state index >= 15 is 0 Å². The molecule has 1 heterocycles. The van der Waals surface area contributed by atoms with Crippen LogP contribution in [0.4, 0.5) is 0 Å². The first-order chi connectivity index (χ1) is 12.1. The predicted octanol–water partition coefficient (Wildman–Crippen LogP) is 4.84. The van der Waals surface area contributed by atoms with Gasteiger partial charge in [0, 0.05) is 16.5 Å². The van der Waals surface area contributed by atoms with Gasteiger partial charge in [-0.05, 0) is 23.6 Å². The predicted molar refractivity (Wildman–Crippen MR) is 105 cm³/mol. The third-order valence-corrected chi connectivity index (χ3v) is 5.18. The number of hydrogen-bond acceptors (Lipinski definition) is 3. The Morgan fingerprint density at radius 2 is 1.76 bits per heavy atom. The van der Waals surface area contributed by atoms with E-state index in [9.17, 15) is 4.79 Å². The summed E-state index contributed by atoms with van der Waals surface area (Å²) in [7, 11) is 0. The summed E-state index contributed by atoms with van der Waals surface area (Å²) in [5, 5.41) is 4.26. The molecule has 0 aliphatic carbocycles. The Hall–Kier alpha value is -2.33. The Morgan fingerprint density at radius 1 is 1.04 bits per heavy atom. The molecule has 3 nitrogen and oxygen atoms in total. The summed E-state index contributed by atoms with van der Waals surface area (Å²) in [6.45, 7) is 4.25. The molecule has 25 heavy (non-hydrogen) atoms. The van der Waals surface area contributed by atoms with Gasteiger partial charge in [-0.15, -0.1) is 11.8 Å². The molecule has 1 N–H and O–H groups in total. The molecule has 0 bridgehead atoms. The van der Waals surface area contributed by atoms with Crippen LogP contribution in [0.2, 0.25) is 0 Å². The minimum Gasteiger partial charge on any atom is -0.348 e. The molecule has 0 fully saturated rings. The van der Waals surface area contributed by atoms with Crippen molar-refractivity contribution in [2.24, 2.45) is 5.92 Å². The van der Waals surface area contributed by atoms with E-state index in [0.717, 1.165) is 21.4 Å². The van der Waals surface area contributed by atoms with Crippen molar-refractivity contribution in [3.63, 3.8) is 0 Å². The van der Waals surface area contributed by atoms with Crippen molar-refractivity contribution >= 4 is 28.6 Å². The molecular formula is C21H22N2OS. The molecule has 1 unspecified atom stereocenters. The molecule has 4 heteroatoms.